The smallest absolute Gasteiger partial charge is 0.258 e. The Morgan fingerprint density at radius 3 is 2.50 bits per heavy atom. The molecule has 24 heavy (non-hydrogen) atoms. The van der Waals surface area contributed by atoms with Gasteiger partial charge in [-0.25, -0.2) is 0 Å². The van der Waals surface area contributed by atoms with E-state index in [0.29, 0.717) is 16.5 Å². The molecule has 0 saturated heterocycles. The van der Waals surface area contributed by atoms with E-state index in [2.05, 4.69) is 26.6 Å². The summed E-state index contributed by atoms with van der Waals surface area (Å²) < 4.78 is 6.23. The number of halogens is 2. The minimum absolute atomic E-state index is 0.127. The van der Waals surface area contributed by atoms with Gasteiger partial charge in [0.1, 0.15) is 5.75 Å². The van der Waals surface area contributed by atoms with Gasteiger partial charge in [-0.2, -0.15) is 0 Å². The van der Waals surface area contributed by atoms with Gasteiger partial charge in [0.05, 0.1) is 6.54 Å². The maximum atomic E-state index is 11.9. The van der Waals surface area contributed by atoms with Gasteiger partial charge in [-0.15, -0.1) is 0 Å². The van der Waals surface area contributed by atoms with E-state index in [-0.39, 0.29) is 25.0 Å². The highest BCUT2D eigenvalue weighted by molar-refractivity contribution is 9.10. The number of carbonyl (C=O) groups is 2. The third-order valence-electron chi connectivity index (χ3n) is 3.09. The van der Waals surface area contributed by atoms with Crippen LogP contribution in [0.5, 0.6) is 5.75 Å². The summed E-state index contributed by atoms with van der Waals surface area (Å²) in [7, 11) is 0. The van der Waals surface area contributed by atoms with Crippen molar-refractivity contribution in [2.24, 2.45) is 0 Å². The molecule has 0 heterocycles. The molecule has 0 aliphatic carbocycles. The van der Waals surface area contributed by atoms with Crippen molar-refractivity contribution in [1.82, 2.24) is 5.32 Å². The van der Waals surface area contributed by atoms with Crippen LogP contribution >= 0.6 is 27.5 Å². The average Bonchev–Trinajstić information content (AvgIpc) is 2.55. The van der Waals surface area contributed by atoms with Crippen LogP contribution in [0.2, 0.25) is 5.02 Å². The number of hydrogen-bond acceptors (Lipinski definition) is 3. The lowest BCUT2D eigenvalue weighted by Crippen LogP contribution is -2.35. The summed E-state index contributed by atoms with van der Waals surface area (Å²) in [6.45, 7) is 1.59. The summed E-state index contributed by atoms with van der Waals surface area (Å²) >= 11 is 9.13. The van der Waals surface area contributed by atoms with Crippen molar-refractivity contribution >= 4 is 45.0 Å². The number of carbonyl (C=O) groups excluding carboxylic acids is 2. The van der Waals surface area contributed by atoms with Crippen LogP contribution < -0.4 is 15.4 Å². The van der Waals surface area contributed by atoms with Crippen LogP contribution in [-0.4, -0.2) is 25.0 Å². The number of aryl methyl sites for hydroxylation is 1. The summed E-state index contributed by atoms with van der Waals surface area (Å²) in [5, 5.41) is 5.84. The van der Waals surface area contributed by atoms with Gasteiger partial charge >= 0.3 is 0 Å². The molecule has 0 saturated carbocycles. The third-order valence-corrected chi connectivity index (χ3v) is 3.84. The van der Waals surface area contributed by atoms with Crippen molar-refractivity contribution in [3.8, 4) is 5.75 Å². The van der Waals surface area contributed by atoms with E-state index < -0.39 is 0 Å². The zero-order valence-electron chi connectivity index (χ0n) is 12.9. The Morgan fingerprint density at radius 1 is 1.12 bits per heavy atom. The fraction of sp³-hybridized carbons (Fsp3) is 0.176. The van der Waals surface area contributed by atoms with Gasteiger partial charge < -0.3 is 15.4 Å². The zero-order valence-corrected chi connectivity index (χ0v) is 15.3. The van der Waals surface area contributed by atoms with Crippen LogP contribution in [0.25, 0.3) is 0 Å². The molecule has 0 bridgehead atoms. The van der Waals surface area contributed by atoms with Crippen LogP contribution in [0.3, 0.4) is 0 Å². The monoisotopic (exact) mass is 410 g/mol. The standard InChI is InChI=1S/C17H16BrClN2O3/c1-11-8-12(18)2-7-15(11)21-16(22)9-20-17(23)10-24-14-5-3-13(19)4-6-14/h2-8H,9-10H2,1H3,(H,20,23)(H,21,22). The molecule has 7 heteroatoms. The molecule has 126 valence electrons. The van der Waals surface area contributed by atoms with E-state index in [9.17, 15) is 9.59 Å². The molecule has 0 atom stereocenters. The van der Waals surface area contributed by atoms with E-state index in [0.717, 1.165) is 10.0 Å². The molecule has 0 spiro atoms. The molecule has 2 N–H and O–H groups in total. The van der Waals surface area contributed by atoms with Crippen LogP contribution in [0.1, 0.15) is 5.56 Å². The molecule has 2 amide bonds. The maximum absolute atomic E-state index is 11.9. The first-order chi connectivity index (χ1) is 11.4. The van der Waals surface area contributed by atoms with E-state index in [1.165, 1.54) is 0 Å². The van der Waals surface area contributed by atoms with Crippen molar-refractivity contribution in [3.63, 3.8) is 0 Å². The number of ether oxygens (including phenoxy) is 1. The van der Waals surface area contributed by atoms with Gasteiger partial charge in [0.2, 0.25) is 5.91 Å². The fourth-order valence-corrected chi connectivity index (χ4v) is 2.47. The molecule has 0 aliphatic heterocycles. The van der Waals surface area contributed by atoms with Crippen LogP contribution in [0, 0.1) is 6.92 Å². The lowest BCUT2D eigenvalue weighted by Gasteiger charge is -2.10. The molecule has 2 aromatic carbocycles. The lowest BCUT2D eigenvalue weighted by atomic mass is 10.2. The van der Waals surface area contributed by atoms with Gasteiger partial charge in [-0.05, 0) is 55.0 Å². The molecule has 0 aromatic heterocycles. The van der Waals surface area contributed by atoms with Crippen molar-refractivity contribution in [3.05, 3.63) is 57.5 Å². The summed E-state index contributed by atoms with van der Waals surface area (Å²) in [6.07, 6.45) is 0. The molecule has 2 rings (SSSR count). The second-order valence-electron chi connectivity index (χ2n) is 5.03. The number of anilines is 1. The Bertz CT molecular complexity index is 735. The highest BCUT2D eigenvalue weighted by atomic mass is 79.9. The minimum Gasteiger partial charge on any atom is -0.484 e. The minimum atomic E-state index is -0.382. The van der Waals surface area contributed by atoms with Crippen molar-refractivity contribution < 1.29 is 14.3 Å². The molecule has 2 aromatic rings. The topological polar surface area (TPSA) is 67.4 Å². The molecule has 0 aliphatic rings. The van der Waals surface area contributed by atoms with Gasteiger partial charge in [0.25, 0.3) is 5.91 Å². The number of benzene rings is 2. The quantitative estimate of drug-likeness (QED) is 0.764. The first kappa shape index (κ1) is 18.3. The Balaban J connectivity index is 1.74. The molecule has 0 unspecified atom stereocenters. The number of amides is 2. The first-order valence-electron chi connectivity index (χ1n) is 7.15. The van der Waals surface area contributed by atoms with E-state index in [1.54, 1.807) is 30.3 Å². The zero-order chi connectivity index (χ0) is 17.5. The largest absolute Gasteiger partial charge is 0.484 e. The van der Waals surface area contributed by atoms with Crippen molar-refractivity contribution in [2.45, 2.75) is 6.92 Å². The predicted octanol–water partition coefficient (Wildman–Crippen LogP) is 3.54. The molecular weight excluding hydrogens is 396 g/mol. The Morgan fingerprint density at radius 2 is 1.83 bits per heavy atom. The summed E-state index contributed by atoms with van der Waals surface area (Å²) in [4.78, 5) is 23.6. The van der Waals surface area contributed by atoms with Crippen LogP contribution in [0.15, 0.2) is 46.9 Å². The lowest BCUT2D eigenvalue weighted by molar-refractivity contribution is -0.125. The van der Waals surface area contributed by atoms with Crippen LogP contribution in [-0.2, 0) is 9.59 Å². The Labute approximate surface area is 153 Å². The maximum Gasteiger partial charge on any atom is 0.258 e. The molecular formula is C17H16BrClN2O3. The summed E-state index contributed by atoms with van der Waals surface area (Å²) in [5.41, 5.74) is 1.63. The number of hydrogen-bond donors (Lipinski definition) is 2. The van der Waals surface area contributed by atoms with Gasteiger partial charge in [-0.1, -0.05) is 27.5 Å². The van der Waals surface area contributed by atoms with E-state index in [4.69, 9.17) is 16.3 Å². The highest BCUT2D eigenvalue weighted by Gasteiger charge is 2.08. The number of nitrogens with one attached hydrogen (secondary N) is 2. The Kier molecular flexibility index (Phi) is 6.63. The third kappa shape index (κ3) is 5.86. The van der Waals surface area contributed by atoms with Crippen molar-refractivity contribution in [2.75, 3.05) is 18.5 Å². The Hall–Kier alpha value is -2.05. The second kappa shape index (κ2) is 8.70. The molecule has 5 nitrogen and oxygen atoms in total. The van der Waals surface area contributed by atoms with Crippen molar-refractivity contribution in [1.29, 1.82) is 0 Å². The van der Waals surface area contributed by atoms with Gasteiger partial charge in [-0.3, -0.25) is 9.59 Å². The second-order valence-corrected chi connectivity index (χ2v) is 6.38. The molecule has 0 fully saturated rings. The van der Waals surface area contributed by atoms with Gasteiger partial charge in [0.15, 0.2) is 6.61 Å². The predicted molar refractivity (Wildman–Crippen MR) is 97.5 cm³/mol. The van der Waals surface area contributed by atoms with Gasteiger partial charge in [0, 0.05) is 15.2 Å². The summed E-state index contributed by atoms with van der Waals surface area (Å²) in [5.74, 6) is -0.155. The van der Waals surface area contributed by atoms with E-state index >= 15 is 0 Å². The first-order valence-corrected chi connectivity index (χ1v) is 8.32. The van der Waals surface area contributed by atoms with Crippen LogP contribution in [0.4, 0.5) is 5.69 Å². The summed E-state index contributed by atoms with van der Waals surface area (Å²) in [6, 6.07) is 12.2. The average molecular weight is 412 g/mol. The number of rotatable bonds is 6. The van der Waals surface area contributed by atoms with E-state index in [1.807, 2.05) is 19.1 Å². The SMILES string of the molecule is Cc1cc(Br)ccc1NC(=O)CNC(=O)COc1ccc(Cl)cc1. The highest BCUT2D eigenvalue weighted by Crippen LogP contribution is 2.19. The molecule has 0 radical (unpaired) electrons. The normalized spacial score (nSPS) is 10.1. The fourth-order valence-electron chi connectivity index (χ4n) is 1.87.